The molecule has 2 rings (SSSR count). The molecule has 0 aliphatic carbocycles. The Morgan fingerprint density at radius 1 is 1.62 bits per heavy atom. The topological polar surface area (TPSA) is 39.1 Å². The van der Waals surface area contributed by atoms with Crippen molar-refractivity contribution in [3.8, 4) is 0 Å². The Bertz CT molecular complexity index is 316. The number of aromatic nitrogens is 2. The van der Waals surface area contributed by atoms with Crippen LogP contribution in [0.25, 0.3) is 0 Å². The lowest BCUT2D eigenvalue weighted by Crippen LogP contribution is -2.25. The predicted octanol–water partition coefficient (Wildman–Crippen LogP) is 1.73. The van der Waals surface area contributed by atoms with E-state index in [-0.39, 0.29) is 0 Å². The minimum atomic E-state index is 0.417. The van der Waals surface area contributed by atoms with Crippen LogP contribution in [0.1, 0.15) is 38.3 Å². The number of ether oxygens (including phenoxy) is 1. The zero-order chi connectivity index (χ0) is 11.4. The van der Waals surface area contributed by atoms with Crippen molar-refractivity contribution >= 4 is 0 Å². The molecule has 16 heavy (non-hydrogen) atoms. The van der Waals surface area contributed by atoms with Gasteiger partial charge in [-0.25, -0.2) is 0 Å². The van der Waals surface area contributed by atoms with Crippen molar-refractivity contribution in [2.45, 2.75) is 45.4 Å². The zero-order valence-corrected chi connectivity index (χ0v) is 10.1. The van der Waals surface area contributed by atoms with E-state index in [1.807, 2.05) is 10.9 Å². The maximum absolute atomic E-state index is 5.55. The highest BCUT2D eigenvalue weighted by molar-refractivity contribution is 5.03. The summed E-state index contributed by atoms with van der Waals surface area (Å²) in [7, 11) is 0. The van der Waals surface area contributed by atoms with Gasteiger partial charge in [-0.15, -0.1) is 0 Å². The molecule has 0 radical (unpaired) electrons. The molecule has 1 unspecified atom stereocenters. The van der Waals surface area contributed by atoms with Crippen LogP contribution < -0.4 is 5.32 Å². The summed E-state index contributed by atoms with van der Waals surface area (Å²) in [5.74, 6) is 0. The van der Waals surface area contributed by atoms with Gasteiger partial charge in [0.1, 0.15) is 0 Å². The lowest BCUT2D eigenvalue weighted by Gasteiger charge is -2.09. The number of nitrogens with zero attached hydrogens (tertiary/aromatic N) is 2. The van der Waals surface area contributed by atoms with E-state index in [1.165, 1.54) is 18.4 Å². The first kappa shape index (κ1) is 11.6. The molecule has 4 nitrogen and oxygen atoms in total. The fourth-order valence-corrected chi connectivity index (χ4v) is 1.93. The molecule has 2 heterocycles. The minimum Gasteiger partial charge on any atom is -0.377 e. The first-order valence-corrected chi connectivity index (χ1v) is 6.11. The third kappa shape index (κ3) is 3.06. The van der Waals surface area contributed by atoms with Gasteiger partial charge in [0.15, 0.2) is 0 Å². The molecule has 1 aromatic heterocycles. The van der Waals surface area contributed by atoms with Crippen LogP contribution >= 0.6 is 0 Å². The number of rotatable bonds is 5. The third-order valence-electron chi connectivity index (χ3n) is 2.91. The van der Waals surface area contributed by atoms with E-state index >= 15 is 0 Å². The summed E-state index contributed by atoms with van der Waals surface area (Å²) in [6.07, 6.45) is 6.85. The average molecular weight is 223 g/mol. The van der Waals surface area contributed by atoms with E-state index < -0.39 is 0 Å². The Balaban J connectivity index is 1.72. The van der Waals surface area contributed by atoms with E-state index in [9.17, 15) is 0 Å². The Labute approximate surface area is 97.0 Å². The van der Waals surface area contributed by atoms with Crippen molar-refractivity contribution in [2.75, 3.05) is 13.2 Å². The number of hydrogen-bond acceptors (Lipinski definition) is 3. The van der Waals surface area contributed by atoms with Gasteiger partial charge >= 0.3 is 0 Å². The van der Waals surface area contributed by atoms with Crippen molar-refractivity contribution < 1.29 is 4.74 Å². The second-order valence-electron chi connectivity index (χ2n) is 4.69. The molecule has 1 aromatic rings. The molecule has 0 amide bonds. The fraction of sp³-hybridized carbons (Fsp3) is 0.750. The molecule has 1 N–H and O–H groups in total. The van der Waals surface area contributed by atoms with E-state index in [4.69, 9.17) is 4.74 Å². The van der Waals surface area contributed by atoms with E-state index in [1.54, 1.807) is 0 Å². The summed E-state index contributed by atoms with van der Waals surface area (Å²) in [5.41, 5.74) is 1.24. The normalized spacial score (nSPS) is 20.8. The van der Waals surface area contributed by atoms with E-state index in [2.05, 4.69) is 30.5 Å². The average Bonchev–Trinajstić information content (AvgIpc) is 2.87. The zero-order valence-electron chi connectivity index (χ0n) is 10.1. The SMILES string of the molecule is CC(C)n1cc(CNCC2CCCO2)cn1. The maximum Gasteiger partial charge on any atom is 0.0700 e. The molecule has 0 aromatic carbocycles. The molecule has 0 spiro atoms. The first-order chi connectivity index (χ1) is 7.75. The van der Waals surface area contributed by atoms with Crippen molar-refractivity contribution in [3.63, 3.8) is 0 Å². The molecule has 0 bridgehead atoms. The van der Waals surface area contributed by atoms with Crippen LogP contribution in [0.4, 0.5) is 0 Å². The van der Waals surface area contributed by atoms with E-state index in [0.717, 1.165) is 19.7 Å². The largest absolute Gasteiger partial charge is 0.377 e. The molecule has 1 fully saturated rings. The molecular formula is C12H21N3O. The molecule has 90 valence electrons. The van der Waals surface area contributed by atoms with Gasteiger partial charge in [-0.1, -0.05) is 0 Å². The third-order valence-corrected chi connectivity index (χ3v) is 2.91. The predicted molar refractivity (Wildman–Crippen MR) is 63.3 cm³/mol. The summed E-state index contributed by atoms with van der Waals surface area (Å²) in [6, 6.07) is 0.437. The van der Waals surface area contributed by atoms with Crippen LogP contribution in [0.15, 0.2) is 12.4 Å². The highest BCUT2D eigenvalue weighted by atomic mass is 16.5. The van der Waals surface area contributed by atoms with Crippen molar-refractivity contribution in [3.05, 3.63) is 18.0 Å². The molecule has 1 aliphatic rings. The number of nitrogens with one attached hydrogen (secondary N) is 1. The quantitative estimate of drug-likeness (QED) is 0.826. The maximum atomic E-state index is 5.55. The Kier molecular flexibility index (Phi) is 3.96. The van der Waals surface area contributed by atoms with Gasteiger partial charge in [-0.05, 0) is 26.7 Å². The molecule has 1 aliphatic heterocycles. The Morgan fingerprint density at radius 3 is 3.12 bits per heavy atom. The highest BCUT2D eigenvalue weighted by Crippen LogP contribution is 2.11. The molecule has 0 saturated carbocycles. The lowest BCUT2D eigenvalue weighted by atomic mass is 10.2. The summed E-state index contributed by atoms with van der Waals surface area (Å²) >= 11 is 0. The molecule has 4 heteroatoms. The second-order valence-corrected chi connectivity index (χ2v) is 4.69. The van der Waals surface area contributed by atoms with Gasteiger partial charge in [0, 0.05) is 37.5 Å². The van der Waals surface area contributed by atoms with Gasteiger partial charge in [0.25, 0.3) is 0 Å². The Morgan fingerprint density at radius 2 is 2.50 bits per heavy atom. The second kappa shape index (κ2) is 5.46. The van der Waals surface area contributed by atoms with Crippen LogP contribution in [-0.2, 0) is 11.3 Å². The molecule has 1 saturated heterocycles. The van der Waals surface area contributed by atoms with Crippen molar-refractivity contribution in [2.24, 2.45) is 0 Å². The van der Waals surface area contributed by atoms with E-state index in [0.29, 0.717) is 12.1 Å². The number of hydrogen-bond donors (Lipinski definition) is 1. The van der Waals surface area contributed by atoms with Gasteiger partial charge in [0.05, 0.1) is 12.3 Å². The summed E-state index contributed by atoms with van der Waals surface area (Å²) in [4.78, 5) is 0. The monoisotopic (exact) mass is 223 g/mol. The van der Waals surface area contributed by atoms with Gasteiger partial charge in [-0.3, -0.25) is 4.68 Å². The van der Waals surface area contributed by atoms with Crippen molar-refractivity contribution in [1.82, 2.24) is 15.1 Å². The van der Waals surface area contributed by atoms with Crippen molar-refractivity contribution in [1.29, 1.82) is 0 Å². The standard InChI is InChI=1S/C12H21N3O/c1-10(2)15-9-11(7-14-15)6-13-8-12-4-3-5-16-12/h7,9-10,12-13H,3-6,8H2,1-2H3. The summed E-state index contributed by atoms with van der Waals surface area (Å²) in [6.45, 7) is 7.03. The highest BCUT2D eigenvalue weighted by Gasteiger charge is 2.14. The molecular weight excluding hydrogens is 202 g/mol. The summed E-state index contributed by atoms with van der Waals surface area (Å²) in [5, 5.41) is 7.73. The van der Waals surface area contributed by atoms with Crippen LogP contribution in [0.2, 0.25) is 0 Å². The smallest absolute Gasteiger partial charge is 0.0700 e. The van der Waals surface area contributed by atoms with Crippen LogP contribution in [-0.4, -0.2) is 29.0 Å². The minimum absolute atomic E-state index is 0.417. The lowest BCUT2D eigenvalue weighted by molar-refractivity contribution is 0.110. The van der Waals surface area contributed by atoms with Gasteiger partial charge < -0.3 is 10.1 Å². The van der Waals surface area contributed by atoms with Crippen LogP contribution in [0.5, 0.6) is 0 Å². The first-order valence-electron chi connectivity index (χ1n) is 6.11. The van der Waals surface area contributed by atoms with Crippen LogP contribution in [0.3, 0.4) is 0 Å². The van der Waals surface area contributed by atoms with Gasteiger partial charge in [0.2, 0.25) is 0 Å². The van der Waals surface area contributed by atoms with Crippen LogP contribution in [0, 0.1) is 0 Å². The molecule has 1 atom stereocenters. The fourth-order valence-electron chi connectivity index (χ4n) is 1.93. The van der Waals surface area contributed by atoms with Gasteiger partial charge in [-0.2, -0.15) is 5.10 Å². The Hall–Kier alpha value is -0.870. The summed E-state index contributed by atoms with van der Waals surface area (Å²) < 4.78 is 7.54.